The van der Waals surface area contributed by atoms with Crippen LogP contribution in [0.25, 0.3) is 0 Å². The minimum Gasteiger partial charge on any atom is -0.352 e. The van der Waals surface area contributed by atoms with E-state index in [2.05, 4.69) is 5.32 Å². The first-order valence-electron chi connectivity index (χ1n) is 13.6. The molecule has 1 unspecified atom stereocenters. The van der Waals surface area contributed by atoms with Crippen molar-refractivity contribution in [1.29, 1.82) is 0 Å². The van der Waals surface area contributed by atoms with E-state index in [4.69, 9.17) is 23.2 Å². The van der Waals surface area contributed by atoms with Crippen molar-refractivity contribution in [2.24, 2.45) is 0 Å². The molecule has 1 aliphatic rings. The van der Waals surface area contributed by atoms with Crippen molar-refractivity contribution in [3.05, 3.63) is 94.0 Å². The maximum Gasteiger partial charge on any atom is 0.416 e. The molecule has 0 bridgehead atoms. The van der Waals surface area contributed by atoms with Crippen LogP contribution in [0.15, 0.2) is 77.7 Å². The Morgan fingerprint density at radius 3 is 2.21 bits per heavy atom. The van der Waals surface area contributed by atoms with Gasteiger partial charge in [0.25, 0.3) is 10.0 Å². The summed E-state index contributed by atoms with van der Waals surface area (Å²) in [6, 6.07) is 14.7. The van der Waals surface area contributed by atoms with Crippen molar-refractivity contribution in [3.63, 3.8) is 0 Å². The number of nitrogens with zero attached hydrogens (tertiary/aromatic N) is 2. The fourth-order valence-electron chi connectivity index (χ4n) is 4.87. The Morgan fingerprint density at radius 1 is 0.977 bits per heavy atom. The van der Waals surface area contributed by atoms with Crippen molar-refractivity contribution in [3.8, 4) is 0 Å². The predicted molar refractivity (Wildman–Crippen MR) is 159 cm³/mol. The molecule has 1 atom stereocenters. The molecule has 0 heterocycles. The van der Waals surface area contributed by atoms with E-state index in [1.165, 1.54) is 36.1 Å². The lowest BCUT2D eigenvalue weighted by Crippen LogP contribution is -2.52. The highest BCUT2D eigenvalue weighted by molar-refractivity contribution is 7.92. The Balaban J connectivity index is 1.75. The number of anilines is 1. The van der Waals surface area contributed by atoms with Gasteiger partial charge < -0.3 is 10.2 Å². The second-order valence-corrected chi connectivity index (χ2v) is 13.0. The van der Waals surface area contributed by atoms with Gasteiger partial charge in [-0.15, -0.1) is 0 Å². The highest BCUT2D eigenvalue weighted by Crippen LogP contribution is 2.37. The second kappa shape index (κ2) is 13.6. The fourth-order valence-corrected chi connectivity index (χ4v) is 6.72. The maximum atomic E-state index is 14.0. The number of sulfonamides is 1. The molecular formula is C30H30Cl2F3N3O4S. The molecule has 0 saturated heterocycles. The van der Waals surface area contributed by atoms with Crippen LogP contribution in [0.4, 0.5) is 18.9 Å². The van der Waals surface area contributed by atoms with Crippen LogP contribution in [-0.2, 0) is 32.3 Å². The molecule has 0 spiro atoms. The number of benzene rings is 3. The van der Waals surface area contributed by atoms with E-state index >= 15 is 0 Å². The molecule has 43 heavy (non-hydrogen) atoms. The number of rotatable bonds is 10. The topological polar surface area (TPSA) is 86.8 Å². The summed E-state index contributed by atoms with van der Waals surface area (Å²) in [6.07, 6.45) is -1.26. The van der Waals surface area contributed by atoms with Gasteiger partial charge in [-0.2, -0.15) is 13.2 Å². The van der Waals surface area contributed by atoms with Crippen molar-refractivity contribution in [2.75, 3.05) is 10.8 Å². The first kappa shape index (κ1) is 32.6. The van der Waals surface area contributed by atoms with Crippen LogP contribution in [0, 0.1) is 0 Å². The van der Waals surface area contributed by atoms with E-state index in [9.17, 15) is 31.2 Å². The van der Waals surface area contributed by atoms with E-state index in [1.807, 2.05) is 0 Å². The molecule has 4 rings (SSSR count). The number of alkyl halides is 3. The van der Waals surface area contributed by atoms with E-state index in [0.717, 1.165) is 37.8 Å². The van der Waals surface area contributed by atoms with Crippen LogP contribution in [-0.4, -0.2) is 43.8 Å². The van der Waals surface area contributed by atoms with E-state index < -0.39 is 51.9 Å². The first-order valence-corrected chi connectivity index (χ1v) is 15.8. The van der Waals surface area contributed by atoms with Gasteiger partial charge in [0.05, 0.1) is 21.2 Å². The highest BCUT2D eigenvalue weighted by Gasteiger charge is 2.36. The van der Waals surface area contributed by atoms with Crippen LogP contribution >= 0.6 is 23.2 Å². The summed E-state index contributed by atoms with van der Waals surface area (Å²) in [5.74, 6) is -1.25. The third kappa shape index (κ3) is 8.01. The van der Waals surface area contributed by atoms with Gasteiger partial charge in [0, 0.05) is 17.6 Å². The number of amides is 2. The Kier molecular flexibility index (Phi) is 10.3. The van der Waals surface area contributed by atoms with Gasteiger partial charge in [-0.25, -0.2) is 8.42 Å². The number of hydrogen-bond acceptors (Lipinski definition) is 4. The van der Waals surface area contributed by atoms with E-state index in [0.29, 0.717) is 21.0 Å². The average Bonchev–Trinajstić information content (AvgIpc) is 3.48. The van der Waals surface area contributed by atoms with Crippen molar-refractivity contribution >= 4 is 50.7 Å². The van der Waals surface area contributed by atoms with Gasteiger partial charge in [0.1, 0.15) is 12.6 Å². The SMILES string of the molecule is CC(C(=O)NC1CCCC1)N(Cc1ccc(Cl)cc1)C(=O)CN(c1cc(C(F)(F)F)ccc1Cl)S(=O)(=O)c1ccccc1. The van der Waals surface area contributed by atoms with Gasteiger partial charge in [-0.1, -0.05) is 66.4 Å². The second-order valence-electron chi connectivity index (χ2n) is 10.3. The zero-order valence-corrected chi connectivity index (χ0v) is 25.5. The summed E-state index contributed by atoms with van der Waals surface area (Å²) in [5, 5.41) is 3.09. The lowest BCUT2D eigenvalue weighted by atomic mass is 10.1. The summed E-state index contributed by atoms with van der Waals surface area (Å²) in [7, 11) is -4.59. The Labute approximate surface area is 258 Å². The monoisotopic (exact) mass is 655 g/mol. The quantitative estimate of drug-likeness (QED) is 0.264. The van der Waals surface area contributed by atoms with Crippen molar-refractivity contribution < 1.29 is 31.2 Å². The summed E-state index contributed by atoms with van der Waals surface area (Å²) in [5.41, 5.74) is -1.06. The van der Waals surface area contributed by atoms with Crippen LogP contribution in [0.2, 0.25) is 10.0 Å². The highest BCUT2D eigenvalue weighted by atomic mass is 35.5. The lowest BCUT2D eigenvalue weighted by molar-refractivity contribution is -0.139. The number of halogens is 5. The minimum atomic E-state index is -4.81. The molecule has 1 N–H and O–H groups in total. The number of carbonyl (C=O) groups is 2. The summed E-state index contributed by atoms with van der Waals surface area (Å²) in [6.45, 7) is 0.503. The molecule has 0 aromatic heterocycles. The predicted octanol–water partition coefficient (Wildman–Crippen LogP) is 6.68. The van der Waals surface area contributed by atoms with Gasteiger partial charge in [0.15, 0.2) is 0 Å². The molecule has 2 amide bonds. The van der Waals surface area contributed by atoms with Crippen molar-refractivity contribution in [2.45, 2.75) is 62.3 Å². The van der Waals surface area contributed by atoms with Crippen LogP contribution in [0.3, 0.4) is 0 Å². The minimum absolute atomic E-state index is 0.0405. The van der Waals surface area contributed by atoms with Crippen LogP contribution < -0.4 is 9.62 Å². The average molecular weight is 657 g/mol. The zero-order valence-electron chi connectivity index (χ0n) is 23.2. The number of hydrogen-bond donors (Lipinski definition) is 1. The Bertz CT molecular complexity index is 1550. The van der Waals surface area contributed by atoms with Gasteiger partial charge in [0.2, 0.25) is 11.8 Å². The fraction of sp³-hybridized carbons (Fsp3) is 0.333. The third-order valence-corrected chi connectivity index (χ3v) is 9.63. The molecular weight excluding hydrogens is 626 g/mol. The molecule has 1 saturated carbocycles. The molecule has 7 nitrogen and oxygen atoms in total. The first-order chi connectivity index (χ1) is 20.3. The molecule has 13 heteroatoms. The molecule has 1 fully saturated rings. The number of carbonyl (C=O) groups excluding carboxylic acids is 2. The smallest absolute Gasteiger partial charge is 0.352 e. The van der Waals surface area contributed by atoms with E-state index in [-0.39, 0.29) is 22.5 Å². The van der Waals surface area contributed by atoms with Gasteiger partial charge in [-0.05, 0) is 67.8 Å². The summed E-state index contributed by atoms with van der Waals surface area (Å²) < 4.78 is 69.3. The summed E-state index contributed by atoms with van der Waals surface area (Å²) in [4.78, 5) is 28.2. The third-order valence-electron chi connectivity index (χ3n) is 7.29. The maximum absolute atomic E-state index is 14.0. The number of nitrogens with one attached hydrogen (secondary N) is 1. The normalized spacial score (nSPS) is 14.7. The molecule has 230 valence electrons. The zero-order chi connectivity index (χ0) is 31.4. The Hall–Kier alpha value is -3.28. The van der Waals surface area contributed by atoms with E-state index in [1.54, 1.807) is 30.3 Å². The van der Waals surface area contributed by atoms with Crippen molar-refractivity contribution in [1.82, 2.24) is 10.2 Å². The van der Waals surface area contributed by atoms with Crippen LogP contribution in [0.1, 0.15) is 43.7 Å². The largest absolute Gasteiger partial charge is 0.416 e. The molecule has 1 aliphatic carbocycles. The van der Waals surface area contributed by atoms with Crippen LogP contribution in [0.5, 0.6) is 0 Å². The molecule has 0 aliphatic heterocycles. The molecule has 3 aromatic rings. The van der Waals surface area contributed by atoms with Gasteiger partial charge >= 0.3 is 6.18 Å². The molecule has 0 radical (unpaired) electrons. The van der Waals surface area contributed by atoms with Gasteiger partial charge in [-0.3, -0.25) is 13.9 Å². The standard InChI is InChI=1S/C30H30Cl2F3N3O4S/c1-20(29(40)36-24-7-5-6-8-24)37(18-21-11-14-23(31)15-12-21)28(39)19-38(43(41,42)25-9-3-2-4-10-25)27-17-22(30(33,34)35)13-16-26(27)32/h2-4,9-17,20,24H,5-8,18-19H2,1H3,(H,36,40). The lowest BCUT2D eigenvalue weighted by Gasteiger charge is -2.33. The summed E-state index contributed by atoms with van der Waals surface area (Å²) >= 11 is 12.3. The Morgan fingerprint density at radius 2 is 1.60 bits per heavy atom. The molecule has 3 aromatic carbocycles.